The SMILES string of the molecule is CC(C)(C)OC(=O)n1c(-c2cc(Cl)nc(Cl)n2)cc2c(F)cccc21.CNC(=O)c1c(-c2ccc(F)cc2)oc2cc(N(C)S(C)(=O)=O)c(-c3cc(-c4cc5c(F)cccc5n4C(=O)OC(C)(C)C)nc(Cl)n3)cc12.CNC(=O)c1c(-c2ccc(F)cc2)oc2cc(N(C)S(C)(=O)=O)c(B3OC(C)(C)C(C)(C)O3)cc12. The fourth-order valence-corrected chi connectivity index (χ4v) is 13.4. The van der Waals surface area contributed by atoms with E-state index in [4.69, 9.17) is 62.4 Å². The number of halogens is 7. The van der Waals surface area contributed by atoms with Gasteiger partial charge >= 0.3 is 19.3 Å². The van der Waals surface area contributed by atoms with Gasteiger partial charge in [-0.25, -0.2) is 73.1 Å². The zero-order chi connectivity index (χ0) is 80.6. The molecule has 0 atom stereocenters. The van der Waals surface area contributed by atoms with Crippen LogP contribution in [0.1, 0.15) is 90.0 Å². The lowest BCUT2D eigenvalue weighted by Gasteiger charge is -2.32. The van der Waals surface area contributed by atoms with Gasteiger partial charge in [0.2, 0.25) is 30.6 Å². The van der Waals surface area contributed by atoms with E-state index in [9.17, 15) is 49.2 Å². The number of nitrogens with one attached hydrogen (secondary N) is 2. The molecule has 0 unspecified atom stereocenters. The third kappa shape index (κ3) is 16.5. The highest BCUT2D eigenvalue weighted by Gasteiger charge is 2.53. The van der Waals surface area contributed by atoms with Crippen molar-refractivity contribution in [2.45, 2.75) is 91.6 Å². The van der Waals surface area contributed by atoms with Crippen molar-refractivity contribution in [2.75, 3.05) is 49.3 Å². The van der Waals surface area contributed by atoms with Gasteiger partial charge in [0.1, 0.15) is 62.3 Å². The number of carbonyl (C=O) groups excluding carboxylic acids is 4. The number of aromatic nitrogens is 6. The van der Waals surface area contributed by atoms with E-state index in [0.717, 1.165) is 21.1 Å². The van der Waals surface area contributed by atoms with Gasteiger partial charge in [0.05, 0.1) is 85.7 Å². The maximum absolute atomic E-state index is 15.1. The summed E-state index contributed by atoms with van der Waals surface area (Å²) >= 11 is 18.3. The second-order valence-electron chi connectivity index (χ2n) is 28.4. The molecule has 1 aliphatic rings. The van der Waals surface area contributed by atoms with E-state index in [-0.39, 0.29) is 105 Å². The number of nitrogens with zero attached hydrogens (tertiary/aromatic N) is 8. The van der Waals surface area contributed by atoms with Gasteiger partial charge in [-0.15, -0.1) is 0 Å². The minimum absolute atomic E-state index is 0.0797. The predicted molar refractivity (Wildman–Crippen MR) is 415 cm³/mol. The highest BCUT2D eigenvalue weighted by Crippen LogP contribution is 2.45. The molecule has 110 heavy (non-hydrogen) atoms. The molecule has 0 spiro atoms. The normalized spacial score (nSPS) is 13.6. The predicted octanol–water partition coefficient (Wildman–Crippen LogP) is 16.3. The number of amides is 2. The Hall–Kier alpha value is -10.4. The summed E-state index contributed by atoms with van der Waals surface area (Å²) in [6, 6.07) is 31.6. The van der Waals surface area contributed by atoms with Crippen molar-refractivity contribution in [3.63, 3.8) is 0 Å². The number of hydrogen-bond donors (Lipinski definition) is 2. The summed E-state index contributed by atoms with van der Waals surface area (Å²) in [6.07, 6.45) is 0.641. The molecule has 1 fully saturated rings. The molecule has 24 nitrogen and oxygen atoms in total. The molecular weight excluding hydrogens is 1530 g/mol. The van der Waals surface area contributed by atoms with E-state index in [1.54, 1.807) is 65.8 Å². The van der Waals surface area contributed by atoms with Crippen LogP contribution in [0.15, 0.2) is 142 Å². The minimum atomic E-state index is -3.88. The summed E-state index contributed by atoms with van der Waals surface area (Å²) < 4.78 is 148. The first-order valence-corrected chi connectivity index (χ1v) is 38.3. The number of anilines is 2. The van der Waals surface area contributed by atoms with Crippen LogP contribution in [0.4, 0.5) is 38.5 Å². The lowest BCUT2D eigenvalue weighted by atomic mass is 9.77. The molecule has 34 heteroatoms. The van der Waals surface area contributed by atoms with Gasteiger partial charge in [0.15, 0.2) is 0 Å². The number of furan rings is 2. The third-order valence-electron chi connectivity index (χ3n) is 17.9. The molecule has 1 saturated heterocycles. The van der Waals surface area contributed by atoms with Gasteiger partial charge < -0.3 is 38.3 Å². The molecule has 13 rings (SSSR count). The summed E-state index contributed by atoms with van der Waals surface area (Å²) in [4.78, 5) is 69.1. The molecule has 0 bridgehead atoms. The van der Waals surface area contributed by atoms with Crippen molar-refractivity contribution in [3.05, 3.63) is 184 Å². The number of hydrogen-bond acceptors (Lipinski definition) is 18. The summed E-state index contributed by atoms with van der Waals surface area (Å²) in [6.45, 7) is 17.9. The number of ether oxygens (including phenoxy) is 2. The molecule has 2 amide bonds. The Bertz CT molecular complexity index is 5910. The fourth-order valence-electron chi connectivity index (χ4n) is 11.8. The highest BCUT2D eigenvalue weighted by molar-refractivity contribution is 7.92. The topological polar surface area (TPSA) is 292 Å². The maximum atomic E-state index is 15.1. The van der Waals surface area contributed by atoms with Gasteiger partial charge in [-0.1, -0.05) is 23.7 Å². The van der Waals surface area contributed by atoms with Crippen LogP contribution in [0.2, 0.25) is 15.7 Å². The van der Waals surface area contributed by atoms with Crippen molar-refractivity contribution >= 4 is 147 Å². The summed E-state index contributed by atoms with van der Waals surface area (Å²) in [7, 11) is -2.74. The Labute approximate surface area is 644 Å². The highest BCUT2D eigenvalue weighted by atomic mass is 35.5. The van der Waals surface area contributed by atoms with Crippen molar-refractivity contribution in [1.29, 1.82) is 0 Å². The number of rotatable bonds is 12. The van der Waals surface area contributed by atoms with Crippen LogP contribution in [0.25, 0.3) is 100 Å². The van der Waals surface area contributed by atoms with Crippen molar-refractivity contribution in [3.8, 4) is 56.7 Å². The van der Waals surface area contributed by atoms with E-state index in [0.29, 0.717) is 38.9 Å². The number of sulfonamides is 2. The van der Waals surface area contributed by atoms with Crippen LogP contribution in [-0.2, 0) is 38.8 Å². The molecular formula is C76H72BCl3F4N10O14S2. The average Bonchev–Trinajstić information content (AvgIpc) is 1.57. The molecule has 7 heterocycles. The largest absolute Gasteiger partial charge is 0.497 e. The molecule has 0 aliphatic carbocycles. The van der Waals surface area contributed by atoms with Gasteiger partial charge in [0.25, 0.3) is 11.8 Å². The Morgan fingerprint density at radius 3 is 1.32 bits per heavy atom. The van der Waals surface area contributed by atoms with Gasteiger partial charge in [-0.2, -0.15) is 0 Å². The van der Waals surface area contributed by atoms with Crippen molar-refractivity contribution in [2.24, 2.45) is 0 Å². The number of carbonyl (C=O) groups is 4. The number of fused-ring (bicyclic) bond motifs is 4. The van der Waals surface area contributed by atoms with Gasteiger partial charge in [-0.05, 0) is 196 Å². The second kappa shape index (κ2) is 30.1. The Kier molecular flexibility index (Phi) is 22.1. The molecule has 1 aliphatic heterocycles. The first kappa shape index (κ1) is 80.6. The first-order chi connectivity index (χ1) is 51.3. The molecule has 0 saturated carbocycles. The first-order valence-electron chi connectivity index (χ1n) is 33.5. The Balaban J connectivity index is 0.000000174. The lowest BCUT2D eigenvalue weighted by molar-refractivity contribution is 0.00578. The van der Waals surface area contributed by atoms with E-state index in [1.807, 2.05) is 27.7 Å². The molecule has 574 valence electrons. The zero-order valence-electron chi connectivity index (χ0n) is 62.0. The standard InChI is InChI=1S/C35H30ClF2N5O6S.C24H28BFN2O6S.C17H14Cl2FN3O2/c1-35(2,3)49-34(45)43-26-9-7-8-23(38)20(26)15-28(43)25-16-24(40-33(36)41-25)21-14-22-29(17-27(21)42(5)50(6,46)47)48-31(30(22)32(44)39-4)18-10-12-19(37)13-11-18;1-23(2)24(3,4)34-25(33-23)17-12-16-19(13-18(17)28(6)35(7,30)31)32-21(20(16)22(29)27-5)14-8-10-15(26)11-9-14;1-17(2,3)25-16(24)23-12-6-4-5-10(20)9(12)7-13(23)11-8-14(18)22-15(19)21-11/h7-17H,1-6H3,(H,39,44);8-13H,1-7H3,(H,27,29);4-8H,1-3H3. The lowest BCUT2D eigenvalue weighted by Crippen LogP contribution is -2.41. The average molecular weight is 1610 g/mol. The summed E-state index contributed by atoms with van der Waals surface area (Å²) in [5.41, 5.74) is 1.19. The van der Waals surface area contributed by atoms with Crippen LogP contribution >= 0.6 is 34.8 Å². The molecule has 6 aromatic carbocycles. The van der Waals surface area contributed by atoms with E-state index in [1.165, 1.54) is 147 Å². The monoisotopic (exact) mass is 1600 g/mol. The second-order valence-corrected chi connectivity index (χ2v) is 33.5. The minimum Gasteiger partial charge on any atom is -0.455 e. The van der Waals surface area contributed by atoms with Crippen LogP contribution in [0, 0.1) is 23.3 Å². The van der Waals surface area contributed by atoms with Crippen LogP contribution in [0.3, 0.4) is 0 Å². The van der Waals surface area contributed by atoms with E-state index < -0.39 is 96.8 Å². The quantitative estimate of drug-likeness (QED) is 0.0497. The summed E-state index contributed by atoms with van der Waals surface area (Å²) in [5, 5.41) is 6.05. The number of benzene rings is 6. The van der Waals surface area contributed by atoms with E-state index in [2.05, 4.69) is 30.6 Å². The smallest absolute Gasteiger partial charge is 0.455 e. The Morgan fingerprint density at radius 1 is 0.518 bits per heavy atom. The molecule has 6 aromatic heterocycles. The van der Waals surface area contributed by atoms with Crippen LogP contribution in [0.5, 0.6) is 0 Å². The van der Waals surface area contributed by atoms with Crippen molar-refractivity contribution in [1.82, 2.24) is 39.7 Å². The molecule has 2 N–H and O–H groups in total. The zero-order valence-corrected chi connectivity index (χ0v) is 65.9. The molecule has 0 radical (unpaired) electrons. The maximum Gasteiger partial charge on any atom is 0.497 e. The van der Waals surface area contributed by atoms with E-state index >= 15 is 4.39 Å². The van der Waals surface area contributed by atoms with Crippen LogP contribution in [-0.4, -0.2) is 140 Å². The van der Waals surface area contributed by atoms with Gasteiger partial charge in [-0.3, -0.25) is 18.2 Å². The van der Waals surface area contributed by atoms with Crippen LogP contribution < -0.4 is 24.7 Å². The third-order valence-corrected chi connectivity index (χ3v) is 20.8. The van der Waals surface area contributed by atoms with Gasteiger partial charge in [0, 0.05) is 90.1 Å². The fraction of sp³-hybridized carbons (Fsp3) is 0.263. The van der Waals surface area contributed by atoms with Crippen molar-refractivity contribution < 1.29 is 81.2 Å². The molecule has 12 aromatic rings. The summed E-state index contributed by atoms with van der Waals surface area (Å²) in [5.74, 6) is -2.55. The Morgan fingerprint density at radius 2 is 0.909 bits per heavy atom.